The Morgan fingerprint density at radius 3 is 2.74 bits per heavy atom. The maximum Gasteiger partial charge on any atom is 0.249 e. The molecule has 2 fully saturated rings. The van der Waals surface area contributed by atoms with Crippen molar-refractivity contribution in [3.05, 3.63) is 0 Å². The Bertz CT molecular complexity index is 275. The minimum atomic E-state index is -0.201. The molecule has 1 amide bonds. The second-order valence-electron chi connectivity index (χ2n) is 5.84. The summed E-state index contributed by atoms with van der Waals surface area (Å²) in [4.78, 5) is 11.8. The van der Waals surface area contributed by atoms with Crippen LogP contribution in [0.15, 0.2) is 0 Å². The Morgan fingerprint density at radius 2 is 2.00 bits per heavy atom. The molecule has 0 aromatic carbocycles. The summed E-state index contributed by atoms with van der Waals surface area (Å²) in [5.41, 5.74) is 0. The van der Waals surface area contributed by atoms with Gasteiger partial charge < -0.3 is 15.4 Å². The van der Waals surface area contributed by atoms with Gasteiger partial charge in [-0.3, -0.25) is 4.79 Å². The van der Waals surface area contributed by atoms with E-state index in [-0.39, 0.29) is 18.1 Å². The number of ether oxygens (including phenoxy) is 1. The third-order valence-electron chi connectivity index (χ3n) is 4.20. The fraction of sp³-hybridized carbons (Fsp3) is 0.933. The first kappa shape index (κ1) is 14.8. The summed E-state index contributed by atoms with van der Waals surface area (Å²) in [7, 11) is 0. The molecule has 1 aliphatic carbocycles. The molecule has 2 rings (SSSR count). The summed E-state index contributed by atoms with van der Waals surface area (Å²) in [6.45, 7) is 4.13. The van der Waals surface area contributed by atoms with Gasteiger partial charge in [0.25, 0.3) is 0 Å². The van der Waals surface area contributed by atoms with Gasteiger partial charge in [-0.05, 0) is 57.9 Å². The lowest BCUT2D eigenvalue weighted by Crippen LogP contribution is -2.40. The van der Waals surface area contributed by atoms with Crippen LogP contribution in [0.1, 0.15) is 58.3 Å². The number of carbonyl (C=O) groups excluding carboxylic acids is 1. The van der Waals surface area contributed by atoms with E-state index in [0.717, 1.165) is 45.2 Å². The zero-order valence-electron chi connectivity index (χ0n) is 12.1. The zero-order valence-corrected chi connectivity index (χ0v) is 12.1. The number of rotatable bonds is 5. The van der Waals surface area contributed by atoms with Crippen LogP contribution in [0, 0.1) is 0 Å². The fourth-order valence-electron chi connectivity index (χ4n) is 3.02. The molecule has 0 aromatic rings. The molecular formula is C15H28N2O2. The van der Waals surface area contributed by atoms with Gasteiger partial charge in [-0.25, -0.2) is 0 Å². The Labute approximate surface area is 116 Å². The second-order valence-corrected chi connectivity index (χ2v) is 5.84. The van der Waals surface area contributed by atoms with Gasteiger partial charge in [0.15, 0.2) is 0 Å². The Hall–Kier alpha value is -0.610. The van der Waals surface area contributed by atoms with Crippen molar-refractivity contribution in [2.75, 3.05) is 13.1 Å². The van der Waals surface area contributed by atoms with E-state index >= 15 is 0 Å². The van der Waals surface area contributed by atoms with Crippen molar-refractivity contribution < 1.29 is 9.53 Å². The monoisotopic (exact) mass is 268 g/mol. The van der Waals surface area contributed by atoms with Crippen LogP contribution in [0.3, 0.4) is 0 Å². The van der Waals surface area contributed by atoms with Crippen LogP contribution in [-0.2, 0) is 9.53 Å². The van der Waals surface area contributed by atoms with E-state index in [1.54, 1.807) is 0 Å². The van der Waals surface area contributed by atoms with Gasteiger partial charge in [0.05, 0.1) is 6.10 Å². The molecule has 0 bridgehead atoms. The summed E-state index contributed by atoms with van der Waals surface area (Å²) < 4.78 is 6.04. The van der Waals surface area contributed by atoms with Gasteiger partial charge in [-0.2, -0.15) is 0 Å². The van der Waals surface area contributed by atoms with E-state index in [0.29, 0.717) is 6.04 Å². The first-order valence-electron chi connectivity index (χ1n) is 7.96. The molecule has 4 nitrogen and oxygen atoms in total. The van der Waals surface area contributed by atoms with Crippen LogP contribution in [0.25, 0.3) is 0 Å². The third kappa shape index (κ3) is 4.77. The van der Waals surface area contributed by atoms with Gasteiger partial charge in [0, 0.05) is 12.6 Å². The minimum Gasteiger partial charge on any atom is -0.365 e. The molecule has 1 heterocycles. The smallest absolute Gasteiger partial charge is 0.249 e. The molecule has 110 valence electrons. The normalized spacial score (nSPS) is 32.7. The van der Waals surface area contributed by atoms with E-state index in [1.807, 2.05) is 0 Å². The average molecular weight is 268 g/mol. The van der Waals surface area contributed by atoms with Crippen molar-refractivity contribution in [2.24, 2.45) is 0 Å². The van der Waals surface area contributed by atoms with E-state index in [1.165, 1.54) is 19.3 Å². The van der Waals surface area contributed by atoms with Crippen LogP contribution in [0.2, 0.25) is 0 Å². The molecule has 0 aromatic heterocycles. The van der Waals surface area contributed by atoms with Crippen molar-refractivity contribution in [3.63, 3.8) is 0 Å². The van der Waals surface area contributed by atoms with Crippen molar-refractivity contribution in [3.8, 4) is 0 Å². The first-order valence-corrected chi connectivity index (χ1v) is 7.96. The number of nitrogens with one attached hydrogen (secondary N) is 2. The number of carbonyl (C=O) groups is 1. The molecule has 2 aliphatic rings. The van der Waals surface area contributed by atoms with Gasteiger partial charge in [-0.15, -0.1) is 0 Å². The molecule has 19 heavy (non-hydrogen) atoms. The lowest BCUT2D eigenvalue weighted by Gasteiger charge is -2.31. The highest BCUT2D eigenvalue weighted by Gasteiger charge is 2.27. The second kappa shape index (κ2) is 7.85. The number of amides is 1. The van der Waals surface area contributed by atoms with E-state index < -0.39 is 0 Å². The first-order chi connectivity index (χ1) is 9.29. The maximum absolute atomic E-state index is 11.8. The van der Waals surface area contributed by atoms with Crippen molar-refractivity contribution in [2.45, 2.75) is 76.5 Å². The lowest BCUT2D eigenvalue weighted by molar-refractivity contribution is -0.138. The molecule has 2 N–H and O–H groups in total. The quantitative estimate of drug-likeness (QED) is 0.801. The largest absolute Gasteiger partial charge is 0.365 e. The van der Waals surface area contributed by atoms with Gasteiger partial charge in [0.2, 0.25) is 5.91 Å². The third-order valence-corrected chi connectivity index (χ3v) is 4.20. The maximum atomic E-state index is 11.8. The van der Waals surface area contributed by atoms with Crippen LogP contribution < -0.4 is 10.6 Å². The molecular weight excluding hydrogens is 240 g/mol. The summed E-state index contributed by atoms with van der Waals surface area (Å²) in [6.07, 6.45) is 8.88. The molecule has 4 heteroatoms. The summed E-state index contributed by atoms with van der Waals surface area (Å²) in [5.74, 6) is 0.101. The summed E-state index contributed by atoms with van der Waals surface area (Å²) >= 11 is 0. The van der Waals surface area contributed by atoms with Crippen LogP contribution in [-0.4, -0.2) is 37.2 Å². The molecule has 1 atom stereocenters. The number of hydrogen-bond acceptors (Lipinski definition) is 3. The molecule has 0 spiro atoms. The SMILES string of the molecule is CCCNC1CCC(OC2CCCCNC2=O)CC1. The van der Waals surface area contributed by atoms with Crippen LogP contribution >= 0.6 is 0 Å². The van der Waals surface area contributed by atoms with Crippen molar-refractivity contribution in [1.29, 1.82) is 0 Å². The molecule has 1 unspecified atom stereocenters. The average Bonchev–Trinajstić information content (AvgIpc) is 2.63. The predicted molar refractivity (Wildman–Crippen MR) is 76.1 cm³/mol. The highest BCUT2D eigenvalue weighted by Crippen LogP contribution is 2.24. The zero-order chi connectivity index (χ0) is 13.5. The molecule has 1 saturated heterocycles. The summed E-state index contributed by atoms with van der Waals surface area (Å²) in [6, 6.07) is 0.655. The molecule has 1 saturated carbocycles. The fourth-order valence-corrected chi connectivity index (χ4v) is 3.02. The Morgan fingerprint density at radius 1 is 1.21 bits per heavy atom. The van der Waals surface area contributed by atoms with Crippen LogP contribution in [0.4, 0.5) is 0 Å². The van der Waals surface area contributed by atoms with E-state index in [4.69, 9.17) is 4.74 Å². The molecule has 0 radical (unpaired) electrons. The highest BCUT2D eigenvalue weighted by molar-refractivity contribution is 5.80. The van der Waals surface area contributed by atoms with Crippen LogP contribution in [0.5, 0.6) is 0 Å². The van der Waals surface area contributed by atoms with Gasteiger partial charge in [-0.1, -0.05) is 6.92 Å². The number of hydrogen-bond donors (Lipinski definition) is 2. The van der Waals surface area contributed by atoms with Gasteiger partial charge in [0.1, 0.15) is 6.10 Å². The minimum absolute atomic E-state index is 0.101. The Balaban J connectivity index is 1.70. The van der Waals surface area contributed by atoms with Crippen molar-refractivity contribution in [1.82, 2.24) is 10.6 Å². The van der Waals surface area contributed by atoms with E-state index in [2.05, 4.69) is 17.6 Å². The lowest BCUT2D eigenvalue weighted by atomic mass is 9.92. The van der Waals surface area contributed by atoms with E-state index in [9.17, 15) is 4.79 Å². The van der Waals surface area contributed by atoms with Crippen molar-refractivity contribution >= 4 is 5.91 Å². The predicted octanol–water partition coefficient (Wildman–Crippen LogP) is 1.98. The summed E-state index contributed by atoms with van der Waals surface area (Å²) in [5, 5.41) is 6.52. The molecule has 1 aliphatic heterocycles. The highest BCUT2D eigenvalue weighted by atomic mass is 16.5. The standard InChI is InChI=1S/C15H28N2O2/c1-2-10-16-12-6-8-13(9-7-12)19-14-5-3-4-11-17-15(14)18/h12-14,16H,2-11H2,1H3,(H,17,18). The topological polar surface area (TPSA) is 50.4 Å². The van der Waals surface area contributed by atoms with Gasteiger partial charge >= 0.3 is 0 Å². The Kier molecular flexibility index (Phi) is 6.11.